The van der Waals surface area contributed by atoms with Crippen LogP contribution in [0.5, 0.6) is 0 Å². The van der Waals surface area contributed by atoms with Crippen LogP contribution in [-0.2, 0) is 4.79 Å². The Bertz CT molecular complexity index is 881. The molecule has 0 saturated heterocycles. The monoisotopic (exact) mass is 304 g/mol. The van der Waals surface area contributed by atoms with Crippen LogP contribution < -0.4 is 5.32 Å². The first-order chi connectivity index (χ1) is 10.8. The van der Waals surface area contributed by atoms with Gasteiger partial charge in [0.1, 0.15) is 5.01 Å². The molecule has 106 valence electrons. The highest BCUT2D eigenvalue weighted by Crippen LogP contribution is 2.33. The highest BCUT2D eigenvalue weighted by Gasteiger charge is 2.23. The Morgan fingerprint density at radius 3 is 2.64 bits per heavy atom. The molecule has 0 saturated carbocycles. The summed E-state index contributed by atoms with van der Waals surface area (Å²) in [6, 6.07) is 17.8. The molecule has 0 spiro atoms. The number of amides is 1. The number of aromatic nitrogens is 1. The van der Waals surface area contributed by atoms with Gasteiger partial charge in [-0.25, -0.2) is 4.98 Å². The van der Waals surface area contributed by atoms with Gasteiger partial charge in [0.05, 0.1) is 11.3 Å². The van der Waals surface area contributed by atoms with Crippen LogP contribution in [0.2, 0.25) is 0 Å². The molecule has 4 heteroatoms. The van der Waals surface area contributed by atoms with Crippen LogP contribution in [0.4, 0.5) is 5.69 Å². The van der Waals surface area contributed by atoms with Crippen molar-refractivity contribution in [2.75, 3.05) is 5.32 Å². The molecule has 1 aromatic heterocycles. The second kappa shape index (κ2) is 5.24. The first-order valence-corrected chi connectivity index (χ1v) is 7.82. The number of rotatable bonds is 2. The number of nitrogens with one attached hydrogen (secondary N) is 1. The van der Waals surface area contributed by atoms with Crippen molar-refractivity contribution in [2.45, 2.75) is 0 Å². The Kier molecular flexibility index (Phi) is 3.09. The third-order valence-corrected chi connectivity index (χ3v) is 4.45. The largest absolute Gasteiger partial charge is 0.321 e. The van der Waals surface area contributed by atoms with E-state index in [0.29, 0.717) is 5.57 Å². The maximum atomic E-state index is 12.1. The van der Waals surface area contributed by atoms with Crippen molar-refractivity contribution >= 4 is 34.6 Å². The fourth-order valence-electron chi connectivity index (χ4n) is 2.50. The van der Waals surface area contributed by atoms with E-state index in [4.69, 9.17) is 0 Å². The molecule has 1 N–H and O–H groups in total. The lowest BCUT2D eigenvalue weighted by Gasteiger charge is -1.96. The summed E-state index contributed by atoms with van der Waals surface area (Å²) in [6.07, 6.45) is 1.85. The normalized spacial score (nSPS) is 14.9. The molecule has 0 aliphatic carbocycles. The molecule has 1 aliphatic rings. The van der Waals surface area contributed by atoms with Crippen LogP contribution in [0.3, 0.4) is 0 Å². The molecule has 0 unspecified atom stereocenters. The number of nitrogens with zero attached hydrogens (tertiary/aromatic N) is 1. The zero-order valence-electron chi connectivity index (χ0n) is 11.6. The van der Waals surface area contributed by atoms with E-state index >= 15 is 0 Å². The van der Waals surface area contributed by atoms with Crippen LogP contribution in [-0.4, -0.2) is 10.9 Å². The van der Waals surface area contributed by atoms with Crippen LogP contribution >= 0.6 is 11.3 Å². The maximum absolute atomic E-state index is 12.1. The van der Waals surface area contributed by atoms with E-state index < -0.39 is 0 Å². The number of benzene rings is 2. The first kappa shape index (κ1) is 13.0. The molecule has 3 aromatic rings. The van der Waals surface area contributed by atoms with E-state index in [9.17, 15) is 4.79 Å². The van der Waals surface area contributed by atoms with Crippen LogP contribution in [0, 0.1) is 0 Å². The van der Waals surface area contributed by atoms with E-state index in [1.54, 1.807) is 11.3 Å². The van der Waals surface area contributed by atoms with Gasteiger partial charge in [0.15, 0.2) is 0 Å². The molecular weight excluding hydrogens is 292 g/mol. The van der Waals surface area contributed by atoms with Gasteiger partial charge in [-0.3, -0.25) is 4.79 Å². The molecule has 2 heterocycles. The summed E-state index contributed by atoms with van der Waals surface area (Å²) in [5.41, 5.74) is 4.36. The van der Waals surface area contributed by atoms with Gasteiger partial charge in [-0.1, -0.05) is 48.5 Å². The number of carbonyl (C=O) groups excluding carboxylic acids is 1. The summed E-state index contributed by atoms with van der Waals surface area (Å²) >= 11 is 1.58. The summed E-state index contributed by atoms with van der Waals surface area (Å²) < 4.78 is 0. The molecule has 3 nitrogen and oxygen atoms in total. The van der Waals surface area contributed by atoms with E-state index in [1.807, 2.05) is 66.1 Å². The average Bonchev–Trinajstić information content (AvgIpc) is 3.14. The summed E-state index contributed by atoms with van der Waals surface area (Å²) in [6.45, 7) is 0. The topological polar surface area (TPSA) is 42.0 Å². The fourth-order valence-corrected chi connectivity index (χ4v) is 3.28. The van der Waals surface area contributed by atoms with Crippen LogP contribution in [0.25, 0.3) is 22.2 Å². The molecule has 22 heavy (non-hydrogen) atoms. The minimum absolute atomic E-state index is 0.0736. The van der Waals surface area contributed by atoms with Crippen molar-refractivity contribution in [3.63, 3.8) is 0 Å². The molecule has 0 fully saturated rings. The Morgan fingerprint density at radius 2 is 1.77 bits per heavy atom. The first-order valence-electron chi connectivity index (χ1n) is 6.95. The molecule has 2 aromatic carbocycles. The molecule has 1 amide bonds. The van der Waals surface area contributed by atoms with Gasteiger partial charge in [-0.05, 0) is 12.1 Å². The summed E-state index contributed by atoms with van der Waals surface area (Å²) in [5, 5.41) is 5.81. The number of hydrogen-bond donors (Lipinski definition) is 1. The van der Waals surface area contributed by atoms with Crippen molar-refractivity contribution in [3.05, 3.63) is 71.2 Å². The predicted molar refractivity (Wildman–Crippen MR) is 90.5 cm³/mol. The van der Waals surface area contributed by atoms with E-state index in [0.717, 1.165) is 27.5 Å². The van der Waals surface area contributed by atoms with Gasteiger partial charge < -0.3 is 5.32 Å². The van der Waals surface area contributed by atoms with Gasteiger partial charge in [0.2, 0.25) is 0 Å². The van der Waals surface area contributed by atoms with E-state index in [-0.39, 0.29) is 5.91 Å². The average molecular weight is 304 g/mol. The highest BCUT2D eigenvalue weighted by atomic mass is 32.1. The molecule has 4 rings (SSSR count). The summed E-state index contributed by atoms with van der Waals surface area (Å²) in [4.78, 5) is 16.7. The Labute approximate surface area is 132 Å². The van der Waals surface area contributed by atoms with Crippen molar-refractivity contribution in [1.82, 2.24) is 4.98 Å². The third-order valence-electron chi connectivity index (χ3n) is 3.54. The smallest absolute Gasteiger partial charge is 0.256 e. The standard InChI is InChI=1S/C18H12N2OS/c21-17-15(14-8-4-5-9-16(14)20-17)10-13-11-22-18(19-13)12-6-2-1-3-7-12/h1-11H,(H,20,21)/b15-10+. The molecule has 0 radical (unpaired) electrons. The van der Waals surface area contributed by atoms with Gasteiger partial charge in [0, 0.05) is 22.2 Å². The molecule has 0 atom stereocenters. The number of anilines is 1. The lowest BCUT2D eigenvalue weighted by atomic mass is 10.1. The van der Waals surface area contributed by atoms with Crippen molar-refractivity contribution in [1.29, 1.82) is 0 Å². The summed E-state index contributed by atoms with van der Waals surface area (Å²) in [5.74, 6) is -0.0736. The Balaban J connectivity index is 1.72. The van der Waals surface area contributed by atoms with Gasteiger partial charge in [0.25, 0.3) is 5.91 Å². The summed E-state index contributed by atoms with van der Waals surface area (Å²) in [7, 11) is 0. The number of para-hydroxylation sites is 1. The molecule has 0 bridgehead atoms. The minimum atomic E-state index is -0.0736. The number of hydrogen-bond acceptors (Lipinski definition) is 3. The van der Waals surface area contributed by atoms with Gasteiger partial charge >= 0.3 is 0 Å². The second-order valence-electron chi connectivity index (χ2n) is 5.00. The van der Waals surface area contributed by atoms with E-state index in [2.05, 4.69) is 10.3 Å². The number of fused-ring (bicyclic) bond motifs is 1. The lowest BCUT2D eigenvalue weighted by molar-refractivity contribution is -0.110. The number of thiazole rings is 1. The van der Waals surface area contributed by atoms with Gasteiger partial charge in [-0.15, -0.1) is 11.3 Å². The minimum Gasteiger partial charge on any atom is -0.321 e. The van der Waals surface area contributed by atoms with Crippen LogP contribution in [0.1, 0.15) is 11.3 Å². The zero-order chi connectivity index (χ0) is 14.9. The SMILES string of the molecule is O=C1Nc2ccccc2/C1=C\c1csc(-c2ccccc2)n1. The quantitative estimate of drug-likeness (QED) is 0.717. The Morgan fingerprint density at radius 1 is 1.00 bits per heavy atom. The second-order valence-corrected chi connectivity index (χ2v) is 5.86. The van der Waals surface area contributed by atoms with Crippen molar-refractivity contribution in [2.24, 2.45) is 0 Å². The highest BCUT2D eigenvalue weighted by molar-refractivity contribution is 7.13. The lowest BCUT2D eigenvalue weighted by Crippen LogP contribution is -2.03. The van der Waals surface area contributed by atoms with E-state index in [1.165, 1.54) is 0 Å². The molecule has 1 aliphatic heterocycles. The predicted octanol–water partition coefficient (Wildman–Crippen LogP) is 4.30. The van der Waals surface area contributed by atoms with Crippen molar-refractivity contribution < 1.29 is 4.79 Å². The van der Waals surface area contributed by atoms with Crippen LogP contribution in [0.15, 0.2) is 60.0 Å². The van der Waals surface area contributed by atoms with Gasteiger partial charge in [-0.2, -0.15) is 0 Å². The van der Waals surface area contributed by atoms with Crippen molar-refractivity contribution in [3.8, 4) is 10.6 Å². The molecular formula is C18H12N2OS. The zero-order valence-corrected chi connectivity index (χ0v) is 12.4. The maximum Gasteiger partial charge on any atom is 0.256 e. The Hall–Kier alpha value is -2.72. The third kappa shape index (κ3) is 2.23. The fraction of sp³-hybridized carbons (Fsp3) is 0. The number of carbonyl (C=O) groups is 1.